The molecule has 0 saturated carbocycles. The number of para-hydroxylation sites is 1. The summed E-state index contributed by atoms with van der Waals surface area (Å²) in [6, 6.07) is 15.2. The second-order valence-electron chi connectivity index (χ2n) is 6.24. The van der Waals surface area contributed by atoms with Gasteiger partial charge in [0.15, 0.2) is 11.5 Å². The molecule has 0 unspecified atom stereocenters. The minimum absolute atomic E-state index is 0.273. The lowest BCUT2D eigenvalue weighted by atomic mass is 10.0. The van der Waals surface area contributed by atoms with E-state index in [1.165, 1.54) is 0 Å². The van der Waals surface area contributed by atoms with Gasteiger partial charge in [-0.1, -0.05) is 48.0 Å². The third-order valence-electron chi connectivity index (χ3n) is 4.41. The number of hydrogen-bond acceptors (Lipinski definition) is 4. The molecule has 0 aliphatic carbocycles. The molecule has 0 aromatic heterocycles. The molecule has 3 aromatic carbocycles. The Bertz CT molecular complexity index is 927. The highest BCUT2D eigenvalue weighted by molar-refractivity contribution is 6.35. The summed E-state index contributed by atoms with van der Waals surface area (Å²) in [5, 5.41) is 12.9. The fourth-order valence-electron chi connectivity index (χ4n) is 3.21. The van der Waals surface area contributed by atoms with Gasteiger partial charge in [0.05, 0.1) is 14.2 Å². The highest BCUT2D eigenvalue weighted by Gasteiger charge is 2.15. The van der Waals surface area contributed by atoms with Crippen molar-refractivity contribution in [1.29, 1.82) is 0 Å². The number of benzene rings is 3. The van der Waals surface area contributed by atoms with E-state index in [2.05, 4.69) is 4.90 Å². The Morgan fingerprint density at radius 1 is 0.923 bits per heavy atom. The van der Waals surface area contributed by atoms with Crippen molar-refractivity contribution >= 4 is 22.4 Å². The number of ether oxygens (including phenoxy) is 2. The summed E-state index contributed by atoms with van der Waals surface area (Å²) in [6.07, 6.45) is 0. The molecule has 0 fully saturated rings. The number of aromatic hydroxyl groups is 1. The molecule has 0 atom stereocenters. The van der Waals surface area contributed by atoms with Crippen LogP contribution in [0.5, 0.6) is 17.2 Å². The van der Waals surface area contributed by atoms with Crippen LogP contribution in [0.4, 0.5) is 0 Å². The van der Waals surface area contributed by atoms with Gasteiger partial charge in [-0.2, -0.15) is 0 Å². The first-order chi connectivity index (χ1) is 12.5. The van der Waals surface area contributed by atoms with E-state index in [0.29, 0.717) is 23.9 Å². The molecule has 0 aliphatic heterocycles. The summed E-state index contributed by atoms with van der Waals surface area (Å²) in [5.74, 6) is 1.70. The third kappa shape index (κ3) is 3.57. The van der Waals surface area contributed by atoms with Crippen LogP contribution in [0.15, 0.2) is 48.5 Å². The van der Waals surface area contributed by atoms with Crippen molar-refractivity contribution in [2.45, 2.75) is 13.1 Å². The number of nitrogens with zero attached hydrogens (tertiary/aromatic N) is 1. The van der Waals surface area contributed by atoms with Crippen LogP contribution in [0.3, 0.4) is 0 Å². The fourth-order valence-corrected chi connectivity index (χ4v) is 3.50. The highest BCUT2D eigenvalue weighted by atomic mass is 35.5. The van der Waals surface area contributed by atoms with Crippen LogP contribution in [-0.4, -0.2) is 31.3 Å². The van der Waals surface area contributed by atoms with Crippen LogP contribution >= 0.6 is 11.6 Å². The van der Waals surface area contributed by atoms with Gasteiger partial charge in [-0.3, -0.25) is 4.90 Å². The first-order valence-electron chi connectivity index (χ1n) is 8.32. The van der Waals surface area contributed by atoms with Gasteiger partial charge in [-0.15, -0.1) is 0 Å². The summed E-state index contributed by atoms with van der Waals surface area (Å²) in [4.78, 5) is 2.09. The van der Waals surface area contributed by atoms with Crippen molar-refractivity contribution in [2.24, 2.45) is 0 Å². The minimum Gasteiger partial charge on any atom is -0.507 e. The van der Waals surface area contributed by atoms with Gasteiger partial charge < -0.3 is 14.6 Å². The molecule has 26 heavy (non-hydrogen) atoms. The largest absolute Gasteiger partial charge is 0.507 e. The Morgan fingerprint density at radius 3 is 2.31 bits per heavy atom. The van der Waals surface area contributed by atoms with Crippen LogP contribution in [-0.2, 0) is 13.1 Å². The number of methoxy groups -OCH3 is 2. The topological polar surface area (TPSA) is 41.9 Å². The molecule has 0 saturated heterocycles. The SMILES string of the molecule is COc1cccc(CN(C)Cc2cc(Cl)c3ccccc3c2O)c1OC. The van der Waals surface area contributed by atoms with Gasteiger partial charge >= 0.3 is 0 Å². The Balaban J connectivity index is 1.86. The summed E-state index contributed by atoms with van der Waals surface area (Å²) in [7, 11) is 5.25. The van der Waals surface area contributed by atoms with Crippen LogP contribution in [0.1, 0.15) is 11.1 Å². The van der Waals surface area contributed by atoms with Crippen molar-refractivity contribution in [1.82, 2.24) is 4.90 Å². The van der Waals surface area contributed by atoms with Crippen LogP contribution < -0.4 is 9.47 Å². The second kappa shape index (κ2) is 7.85. The van der Waals surface area contributed by atoms with Gasteiger partial charge in [-0.25, -0.2) is 0 Å². The zero-order valence-corrected chi connectivity index (χ0v) is 15.9. The molecule has 1 N–H and O–H groups in total. The molecule has 5 heteroatoms. The average molecular weight is 372 g/mol. The van der Waals surface area contributed by atoms with Gasteiger partial charge in [0.25, 0.3) is 0 Å². The standard InChI is InChI=1S/C21H22ClNO3/c1-23(12-14-7-6-10-19(25-2)21(14)26-3)13-15-11-18(22)16-8-4-5-9-17(16)20(15)24/h4-11,24H,12-13H2,1-3H3. The van der Waals surface area contributed by atoms with E-state index < -0.39 is 0 Å². The smallest absolute Gasteiger partial charge is 0.165 e. The zero-order chi connectivity index (χ0) is 18.7. The molecular weight excluding hydrogens is 350 g/mol. The number of rotatable bonds is 6. The van der Waals surface area contributed by atoms with E-state index in [-0.39, 0.29) is 5.75 Å². The van der Waals surface area contributed by atoms with Gasteiger partial charge in [0, 0.05) is 40.0 Å². The molecule has 0 amide bonds. The third-order valence-corrected chi connectivity index (χ3v) is 4.72. The van der Waals surface area contributed by atoms with Crippen molar-refractivity contribution in [3.63, 3.8) is 0 Å². The zero-order valence-electron chi connectivity index (χ0n) is 15.1. The second-order valence-corrected chi connectivity index (χ2v) is 6.64. The van der Waals surface area contributed by atoms with Crippen LogP contribution in [0.2, 0.25) is 5.02 Å². The average Bonchev–Trinajstić information content (AvgIpc) is 2.65. The monoisotopic (exact) mass is 371 g/mol. The van der Waals surface area contributed by atoms with E-state index in [1.807, 2.05) is 55.6 Å². The Morgan fingerprint density at radius 2 is 1.62 bits per heavy atom. The maximum absolute atomic E-state index is 10.6. The predicted octanol–water partition coefficient (Wildman–Crippen LogP) is 4.85. The van der Waals surface area contributed by atoms with Crippen molar-refractivity contribution in [2.75, 3.05) is 21.3 Å². The summed E-state index contributed by atoms with van der Waals surface area (Å²) < 4.78 is 10.9. The lowest BCUT2D eigenvalue weighted by molar-refractivity contribution is 0.299. The molecule has 0 bridgehead atoms. The van der Waals surface area contributed by atoms with E-state index in [0.717, 1.165) is 27.6 Å². The molecule has 3 rings (SSSR count). The molecule has 0 heterocycles. The van der Waals surface area contributed by atoms with E-state index in [1.54, 1.807) is 14.2 Å². The van der Waals surface area contributed by atoms with Crippen molar-refractivity contribution in [3.8, 4) is 17.2 Å². The Labute approximate surface area is 158 Å². The first kappa shape index (κ1) is 18.4. The number of fused-ring (bicyclic) bond motifs is 1. The molecule has 0 aliphatic rings. The summed E-state index contributed by atoms with van der Waals surface area (Å²) >= 11 is 6.40. The van der Waals surface area contributed by atoms with E-state index in [4.69, 9.17) is 21.1 Å². The Hall–Kier alpha value is -2.43. The van der Waals surface area contributed by atoms with Crippen LogP contribution in [0, 0.1) is 0 Å². The number of halogens is 1. The van der Waals surface area contributed by atoms with Crippen molar-refractivity contribution in [3.05, 3.63) is 64.7 Å². The molecule has 136 valence electrons. The van der Waals surface area contributed by atoms with Crippen molar-refractivity contribution < 1.29 is 14.6 Å². The number of hydrogen-bond donors (Lipinski definition) is 1. The van der Waals surface area contributed by atoms with Gasteiger partial charge in [0.2, 0.25) is 0 Å². The Kier molecular flexibility index (Phi) is 5.55. The minimum atomic E-state index is 0.273. The number of phenolic OH excluding ortho intramolecular Hbond substituents is 1. The van der Waals surface area contributed by atoms with Gasteiger partial charge in [-0.05, 0) is 19.2 Å². The highest BCUT2D eigenvalue weighted by Crippen LogP contribution is 2.36. The molecule has 0 spiro atoms. The molecular formula is C21H22ClNO3. The predicted molar refractivity (Wildman–Crippen MR) is 105 cm³/mol. The quantitative estimate of drug-likeness (QED) is 0.672. The molecule has 3 aromatic rings. The molecule has 4 nitrogen and oxygen atoms in total. The summed E-state index contributed by atoms with van der Waals surface area (Å²) in [6.45, 7) is 1.20. The molecule has 0 radical (unpaired) electrons. The lowest BCUT2D eigenvalue weighted by Gasteiger charge is -2.21. The maximum atomic E-state index is 10.6. The normalized spacial score (nSPS) is 11.1. The first-order valence-corrected chi connectivity index (χ1v) is 8.70. The fraction of sp³-hybridized carbons (Fsp3) is 0.238. The van der Waals surface area contributed by atoms with Crippen LogP contribution in [0.25, 0.3) is 10.8 Å². The van der Waals surface area contributed by atoms with E-state index in [9.17, 15) is 5.11 Å². The number of phenols is 1. The summed E-state index contributed by atoms with van der Waals surface area (Å²) in [5.41, 5.74) is 1.80. The van der Waals surface area contributed by atoms with E-state index >= 15 is 0 Å². The lowest BCUT2D eigenvalue weighted by Crippen LogP contribution is -2.18. The van der Waals surface area contributed by atoms with Gasteiger partial charge in [0.1, 0.15) is 5.75 Å². The maximum Gasteiger partial charge on any atom is 0.165 e.